The van der Waals surface area contributed by atoms with Crippen LogP contribution in [0.25, 0.3) is 0 Å². The van der Waals surface area contributed by atoms with E-state index in [0.29, 0.717) is 11.8 Å². The van der Waals surface area contributed by atoms with Gasteiger partial charge in [-0.05, 0) is 62.4 Å². The van der Waals surface area contributed by atoms with E-state index in [1.807, 2.05) is 36.0 Å². The second-order valence-corrected chi connectivity index (χ2v) is 7.79. The zero-order valence-electron chi connectivity index (χ0n) is 15.0. The van der Waals surface area contributed by atoms with Gasteiger partial charge in [0.25, 0.3) is 5.91 Å². The predicted molar refractivity (Wildman–Crippen MR) is 102 cm³/mol. The minimum atomic E-state index is 0.0996. The first kappa shape index (κ1) is 18.4. The maximum Gasteiger partial charge on any atom is 0.260 e. The highest BCUT2D eigenvalue weighted by Gasteiger charge is 2.28. The van der Waals surface area contributed by atoms with Crippen molar-refractivity contribution in [3.63, 3.8) is 0 Å². The molecule has 0 radical (unpaired) electrons. The van der Waals surface area contributed by atoms with Crippen molar-refractivity contribution in [2.45, 2.75) is 25.3 Å². The summed E-state index contributed by atoms with van der Waals surface area (Å²) < 4.78 is 10.9. The molecule has 6 heteroatoms. The number of carbonyl (C=O) groups is 1. The maximum absolute atomic E-state index is 12.8. The zero-order valence-corrected chi connectivity index (χ0v) is 15.8. The highest BCUT2D eigenvalue weighted by atomic mass is 32.2. The largest absolute Gasteiger partial charge is 0.497 e. The van der Waals surface area contributed by atoms with Crippen LogP contribution in [0.4, 0.5) is 0 Å². The fourth-order valence-corrected chi connectivity index (χ4v) is 4.53. The normalized spacial score (nSPS) is 21.8. The van der Waals surface area contributed by atoms with E-state index in [2.05, 4.69) is 9.80 Å². The van der Waals surface area contributed by atoms with Gasteiger partial charge in [0.05, 0.1) is 13.2 Å². The van der Waals surface area contributed by atoms with Gasteiger partial charge in [0.2, 0.25) is 0 Å². The quantitative estimate of drug-likeness (QED) is 0.776. The number of likely N-dealkylation sites (tertiary alicyclic amines) is 1. The summed E-state index contributed by atoms with van der Waals surface area (Å²) in [6.45, 7) is 4.29. The Morgan fingerprint density at radius 1 is 1.12 bits per heavy atom. The third-order valence-electron chi connectivity index (χ3n) is 4.85. The molecule has 0 N–H and O–H groups in total. The molecule has 0 bridgehead atoms. The lowest BCUT2D eigenvalue weighted by atomic mass is 10.2. The fourth-order valence-electron chi connectivity index (χ4n) is 3.47. The van der Waals surface area contributed by atoms with E-state index in [9.17, 15) is 4.79 Å². The number of hydrogen-bond acceptors (Lipinski definition) is 5. The Morgan fingerprint density at radius 3 is 2.56 bits per heavy atom. The fraction of sp³-hybridized carbons (Fsp3) is 0.632. The summed E-state index contributed by atoms with van der Waals surface area (Å²) in [5.74, 6) is 3.76. The van der Waals surface area contributed by atoms with Crippen molar-refractivity contribution >= 4 is 17.7 Å². The average molecular weight is 365 g/mol. The van der Waals surface area contributed by atoms with Gasteiger partial charge in [0, 0.05) is 18.8 Å². The van der Waals surface area contributed by atoms with E-state index in [-0.39, 0.29) is 12.5 Å². The van der Waals surface area contributed by atoms with Gasteiger partial charge in [-0.25, -0.2) is 0 Å². The minimum Gasteiger partial charge on any atom is -0.497 e. The first-order chi connectivity index (χ1) is 12.3. The molecule has 138 valence electrons. The second-order valence-electron chi connectivity index (χ2n) is 6.64. The summed E-state index contributed by atoms with van der Waals surface area (Å²) in [5, 5.41) is 0. The Morgan fingerprint density at radius 2 is 1.84 bits per heavy atom. The number of methoxy groups -OCH3 is 1. The Labute approximate surface area is 154 Å². The van der Waals surface area contributed by atoms with Crippen LogP contribution in [-0.4, -0.2) is 73.2 Å². The minimum absolute atomic E-state index is 0.0996. The first-order valence-electron chi connectivity index (χ1n) is 9.12. The van der Waals surface area contributed by atoms with Gasteiger partial charge in [-0.2, -0.15) is 11.8 Å². The van der Waals surface area contributed by atoms with Gasteiger partial charge in [-0.15, -0.1) is 0 Å². The third-order valence-corrected chi connectivity index (χ3v) is 6.05. The number of carbonyl (C=O) groups excluding carboxylic acids is 1. The van der Waals surface area contributed by atoms with Crippen LogP contribution in [0.1, 0.15) is 19.3 Å². The molecule has 0 spiro atoms. The molecule has 1 unspecified atom stereocenters. The Balaban J connectivity index is 1.56. The summed E-state index contributed by atoms with van der Waals surface area (Å²) >= 11 is 1.97. The number of amides is 1. The summed E-state index contributed by atoms with van der Waals surface area (Å²) in [7, 11) is 1.64. The lowest BCUT2D eigenvalue weighted by Gasteiger charge is -2.32. The van der Waals surface area contributed by atoms with Gasteiger partial charge >= 0.3 is 0 Å². The van der Waals surface area contributed by atoms with E-state index in [4.69, 9.17) is 9.47 Å². The number of rotatable bonds is 6. The molecule has 2 fully saturated rings. The highest BCUT2D eigenvalue weighted by molar-refractivity contribution is 7.99. The van der Waals surface area contributed by atoms with Gasteiger partial charge in [-0.3, -0.25) is 4.79 Å². The smallest absolute Gasteiger partial charge is 0.260 e. The molecule has 1 atom stereocenters. The van der Waals surface area contributed by atoms with Crippen molar-refractivity contribution in [2.24, 2.45) is 0 Å². The van der Waals surface area contributed by atoms with Crippen LogP contribution in [0.3, 0.4) is 0 Å². The monoisotopic (exact) mass is 364 g/mol. The molecule has 0 aromatic heterocycles. The van der Waals surface area contributed by atoms with Gasteiger partial charge < -0.3 is 19.3 Å². The molecule has 1 aromatic rings. The van der Waals surface area contributed by atoms with Crippen LogP contribution in [-0.2, 0) is 4.79 Å². The second kappa shape index (κ2) is 9.34. The number of hydrogen-bond donors (Lipinski definition) is 0. The molecule has 0 aliphatic carbocycles. The Bertz CT molecular complexity index is 546. The molecule has 2 aliphatic heterocycles. The topological polar surface area (TPSA) is 42.0 Å². The third kappa shape index (κ3) is 5.28. The molecule has 1 amide bonds. The van der Waals surface area contributed by atoms with Crippen molar-refractivity contribution in [1.29, 1.82) is 0 Å². The summed E-state index contributed by atoms with van der Waals surface area (Å²) in [6.07, 6.45) is 3.64. The molecule has 3 rings (SSSR count). The predicted octanol–water partition coefficient (Wildman–Crippen LogP) is 2.50. The number of ether oxygens (including phenoxy) is 2. The number of nitrogens with zero attached hydrogens (tertiary/aromatic N) is 2. The van der Waals surface area contributed by atoms with E-state index in [1.54, 1.807) is 7.11 Å². The molecule has 1 aromatic carbocycles. The standard InChI is InChI=1S/C19H28N2O3S/c1-23-17-5-7-18(8-6-17)24-14-19(22)21-11-4-12-25-15-16(21)13-20-9-2-3-10-20/h5-8,16H,2-4,9-15H2,1H3. The van der Waals surface area contributed by atoms with E-state index in [0.717, 1.165) is 36.8 Å². The van der Waals surface area contributed by atoms with Gasteiger partial charge in [0.1, 0.15) is 11.5 Å². The Hall–Kier alpha value is -1.40. The maximum atomic E-state index is 12.8. The van der Waals surface area contributed by atoms with Crippen LogP contribution in [0.15, 0.2) is 24.3 Å². The molecular formula is C19H28N2O3S. The molecular weight excluding hydrogens is 336 g/mol. The van der Waals surface area contributed by atoms with Gasteiger partial charge in [-0.1, -0.05) is 0 Å². The highest BCUT2D eigenvalue weighted by Crippen LogP contribution is 2.21. The summed E-state index contributed by atoms with van der Waals surface area (Å²) in [4.78, 5) is 17.3. The molecule has 2 aliphatic rings. The van der Waals surface area contributed by atoms with Gasteiger partial charge in [0.15, 0.2) is 6.61 Å². The van der Waals surface area contributed by atoms with Crippen molar-refractivity contribution in [3.8, 4) is 11.5 Å². The lowest BCUT2D eigenvalue weighted by molar-refractivity contribution is -0.135. The number of benzene rings is 1. The van der Waals surface area contributed by atoms with E-state index < -0.39 is 0 Å². The molecule has 2 saturated heterocycles. The average Bonchev–Trinajstić information content (AvgIpc) is 3.04. The van der Waals surface area contributed by atoms with E-state index >= 15 is 0 Å². The lowest BCUT2D eigenvalue weighted by Crippen LogP contribution is -2.49. The van der Waals surface area contributed by atoms with Crippen molar-refractivity contribution in [1.82, 2.24) is 9.80 Å². The molecule has 25 heavy (non-hydrogen) atoms. The van der Waals surface area contributed by atoms with Crippen LogP contribution < -0.4 is 9.47 Å². The van der Waals surface area contributed by atoms with Crippen LogP contribution in [0.2, 0.25) is 0 Å². The SMILES string of the molecule is COc1ccc(OCC(=O)N2CCCSCC2CN2CCCC2)cc1. The molecule has 0 saturated carbocycles. The van der Waals surface area contributed by atoms with Crippen molar-refractivity contribution in [3.05, 3.63) is 24.3 Å². The number of thioether (sulfide) groups is 1. The van der Waals surface area contributed by atoms with Crippen LogP contribution in [0.5, 0.6) is 11.5 Å². The van der Waals surface area contributed by atoms with E-state index in [1.165, 1.54) is 25.9 Å². The first-order valence-corrected chi connectivity index (χ1v) is 10.3. The summed E-state index contributed by atoms with van der Waals surface area (Å²) in [6, 6.07) is 7.67. The zero-order chi connectivity index (χ0) is 17.5. The van der Waals surface area contributed by atoms with Crippen LogP contribution in [0, 0.1) is 0 Å². The summed E-state index contributed by atoms with van der Waals surface area (Å²) in [5.41, 5.74) is 0. The molecule has 5 nitrogen and oxygen atoms in total. The molecule has 2 heterocycles. The van der Waals surface area contributed by atoms with Crippen LogP contribution >= 0.6 is 11.8 Å². The Kier molecular flexibility index (Phi) is 6.87. The van der Waals surface area contributed by atoms with Crippen molar-refractivity contribution in [2.75, 3.05) is 51.4 Å². The van der Waals surface area contributed by atoms with Crippen molar-refractivity contribution < 1.29 is 14.3 Å².